The van der Waals surface area contributed by atoms with Crippen LogP contribution in [0.15, 0.2) is 41.7 Å². The molecule has 0 saturated carbocycles. The first-order chi connectivity index (χ1) is 9.39. The highest BCUT2D eigenvalue weighted by atomic mass is 16.3. The van der Waals surface area contributed by atoms with E-state index in [1.807, 2.05) is 44.2 Å². The molecule has 20 heavy (non-hydrogen) atoms. The Bertz CT molecular complexity index is 556. The maximum atomic E-state index is 12.1. The van der Waals surface area contributed by atoms with E-state index >= 15 is 0 Å². The van der Waals surface area contributed by atoms with E-state index in [1.54, 1.807) is 0 Å². The number of aliphatic hydroxyl groups excluding tert-OH is 1. The summed E-state index contributed by atoms with van der Waals surface area (Å²) in [5, 5.41) is 18.1. The van der Waals surface area contributed by atoms with Crippen LogP contribution in [0, 0.1) is 10.8 Å². The lowest BCUT2D eigenvalue weighted by molar-refractivity contribution is -0.117. The van der Waals surface area contributed by atoms with Crippen LogP contribution in [0.3, 0.4) is 0 Å². The molecule has 1 aromatic rings. The Kier molecular flexibility index (Phi) is 4.07. The van der Waals surface area contributed by atoms with Crippen LogP contribution in [0.2, 0.25) is 0 Å². The van der Waals surface area contributed by atoms with Crippen LogP contribution in [0.5, 0.6) is 0 Å². The van der Waals surface area contributed by atoms with E-state index < -0.39 is 0 Å². The van der Waals surface area contributed by atoms with E-state index in [9.17, 15) is 9.90 Å². The molecular formula is C17H21NO2. The third-order valence-corrected chi connectivity index (χ3v) is 3.66. The largest absolute Gasteiger partial charge is 0.511 e. The lowest BCUT2D eigenvalue weighted by Gasteiger charge is -2.29. The summed E-state index contributed by atoms with van der Waals surface area (Å²) in [7, 11) is 0. The highest BCUT2D eigenvalue weighted by Gasteiger charge is 2.34. The molecule has 0 aromatic heterocycles. The van der Waals surface area contributed by atoms with Gasteiger partial charge in [0.05, 0.1) is 5.57 Å². The summed E-state index contributed by atoms with van der Waals surface area (Å²) in [5.74, 6) is -0.0128. The topological polar surface area (TPSA) is 61.2 Å². The number of aryl methyl sites for hydroxylation is 1. The summed E-state index contributed by atoms with van der Waals surface area (Å²) in [4.78, 5) is 12.1. The molecule has 0 radical (unpaired) electrons. The molecule has 2 N–H and O–H groups in total. The number of nitrogens with one attached hydrogen (secondary N) is 1. The molecule has 1 aliphatic carbocycles. The van der Waals surface area contributed by atoms with E-state index in [1.165, 1.54) is 0 Å². The number of Topliss-reactive ketones (excluding diaryl/α,β-unsaturated/α-hetero) is 1. The van der Waals surface area contributed by atoms with Crippen LogP contribution < -0.4 is 0 Å². The van der Waals surface area contributed by atoms with Crippen LogP contribution in [0.25, 0.3) is 0 Å². The van der Waals surface area contributed by atoms with Gasteiger partial charge in [-0.15, -0.1) is 0 Å². The van der Waals surface area contributed by atoms with Crippen molar-refractivity contribution in [3.63, 3.8) is 0 Å². The number of aliphatic hydroxyl groups is 1. The Morgan fingerprint density at radius 3 is 2.50 bits per heavy atom. The standard InChI is InChI=1S/C17H21NO2/c1-17(2)10-14(19)16(15(20)11-17)13(18)9-8-12-6-4-3-5-7-12/h3-7,18-19H,8-11H2,1-2H3. The van der Waals surface area contributed by atoms with Gasteiger partial charge in [0.2, 0.25) is 0 Å². The molecule has 0 amide bonds. The predicted octanol–water partition coefficient (Wildman–Crippen LogP) is 3.84. The van der Waals surface area contributed by atoms with Gasteiger partial charge in [-0.05, 0) is 23.8 Å². The van der Waals surface area contributed by atoms with E-state index in [0.29, 0.717) is 25.7 Å². The molecule has 0 atom stereocenters. The van der Waals surface area contributed by atoms with E-state index in [2.05, 4.69) is 0 Å². The molecule has 0 saturated heterocycles. The Morgan fingerprint density at radius 1 is 1.25 bits per heavy atom. The average Bonchev–Trinajstić information content (AvgIpc) is 2.35. The molecular weight excluding hydrogens is 250 g/mol. The minimum Gasteiger partial charge on any atom is -0.511 e. The number of ketones is 1. The number of rotatable bonds is 4. The Balaban J connectivity index is 2.07. The molecule has 106 valence electrons. The number of allylic oxidation sites excluding steroid dienone is 2. The SMILES string of the molecule is CC1(C)CC(=O)C(C(=N)CCc2ccccc2)=C(O)C1. The molecule has 0 fully saturated rings. The van der Waals surface area contributed by atoms with Crippen molar-refractivity contribution in [2.75, 3.05) is 0 Å². The first-order valence-corrected chi connectivity index (χ1v) is 6.96. The van der Waals surface area contributed by atoms with Crippen LogP contribution in [-0.2, 0) is 11.2 Å². The van der Waals surface area contributed by atoms with Crippen molar-refractivity contribution in [2.45, 2.75) is 39.5 Å². The van der Waals surface area contributed by atoms with Crippen LogP contribution >= 0.6 is 0 Å². The summed E-state index contributed by atoms with van der Waals surface area (Å²) >= 11 is 0. The van der Waals surface area contributed by atoms with Crippen molar-refractivity contribution in [1.29, 1.82) is 5.41 Å². The molecule has 1 aromatic carbocycles. The Hall–Kier alpha value is -1.90. The van der Waals surface area contributed by atoms with Crippen molar-refractivity contribution in [3.8, 4) is 0 Å². The number of hydrogen-bond donors (Lipinski definition) is 2. The molecule has 0 aliphatic heterocycles. The lowest BCUT2D eigenvalue weighted by Crippen LogP contribution is -2.29. The smallest absolute Gasteiger partial charge is 0.168 e. The fourth-order valence-corrected chi connectivity index (χ4v) is 2.67. The van der Waals surface area contributed by atoms with Gasteiger partial charge in [-0.1, -0.05) is 44.2 Å². The molecule has 3 heteroatoms. The van der Waals surface area contributed by atoms with Gasteiger partial charge in [-0.2, -0.15) is 0 Å². The second-order valence-corrected chi connectivity index (χ2v) is 6.23. The van der Waals surface area contributed by atoms with Crippen LogP contribution in [0.4, 0.5) is 0 Å². The molecule has 0 unspecified atom stereocenters. The van der Waals surface area contributed by atoms with Gasteiger partial charge in [0.25, 0.3) is 0 Å². The molecule has 0 heterocycles. The summed E-state index contributed by atoms with van der Waals surface area (Å²) in [6.45, 7) is 3.93. The van der Waals surface area contributed by atoms with Crippen LogP contribution in [-0.4, -0.2) is 16.6 Å². The lowest BCUT2D eigenvalue weighted by atomic mass is 9.75. The monoisotopic (exact) mass is 271 g/mol. The van der Waals surface area contributed by atoms with Gasteiger partial charge in [0.1, 0.15) is 5.76 Å². The van der Waals surface area contributed by atoms with Crippen molar-refractivity contribution >= 4 is 11.5 Å². The summed E-state index contributed by atoms with van der Waals surface area (Å²) < 4.78 is 0. The second-order valence-electron chi connectivity index (χ2n) is 6.23. The first kappa shape index (κ1) is 14.5. The highest BCUT2D eigenvalue weighted by Crippen LogP contribution is 2.36. The molecule has 0 spiro atoms. The van der Waals surface area contributed by atoms with Gasteiger partial charge in [0, 0.05) is 18.6 Å². The molecule has 3 nitrogen and oxygen atoms in total. The first-order valence-electron chi connectivity index (χ1n) is 6.96. The van der Waals surface area contributed by atoms with Crippen molar-refractivity contribution < 1.29 is 9.90 Å². The van der Waals surface area contributed by atoms with Crippen LogP contribution in [0.1, 0.15) is 38.7 Å². The van der Waals surface area contributed by atoms with E-state index in [4.69, 9.17) is 5.41 Å². The zero-order valence-corrected chi connectivity index (χ0v) is 12.1. The third kappa shape index (κ3) is 3.35. The average molecular weight is 271 g/mol. The van der Waals surface area contributed by atoms with Gasteiger partial charge >= 0.3 is 0 Å². The fraction of sp³-hybridized carbons (Fsp3) is 0.412. The molecule has 1 aliphatic rings. The number of carbonyl (C=O) groups excluding carboxylic acids is 1. The van der Waals surface area contributed by atoms with Gasteiger partial charge in [-0.25, -0.2) is 0 Å². The minimum absolute atomic E-state index is 0.0873. The number of carbonyl (C=O) groups is 1. The zero-order valence-electron chi connectivity index (χ0n) is 12.1. The van der Waals surface area contributed by atoms with Gasteiger partial charge in [-0.3, -0.25) is 4.79 Å². The fourth-order valence-electron chi connectivity index (χ4n) is 2.67. The minimum atomic E-state index is -0.204. The summed E-state index contributed by atoms with van der Waals surface area (Å²) in [6.07, 6.45) is 2.07. The highest BCUT2D eigenvalue weighted by molar-refractivity contribution is 6.22. The third-order valence-electron chi connectivity index (χ3n) is 3.66. The van der Waals surface area contributed by atoms with Crippen molar-refractivity contribution in [2.24, 2.45) is 5.41 Å². The summed E-state index contributed by atoms with van der Waals surface area (Å²) in [6, 6.07) is 9.89. The predicted molar refractivity (Wildman–Crippen MR) is 80.2 cm³/mol. The summed E-state index contributed by atoms with van der Waals surface area (Å²) in [5.41, 5.74) is 1.44. The zero-order chi connectivity index (χ0) is 14.8. The number of benzene rings is 1. The Morgan fingerprint density at radius 2 is 1.90 bits per heavy atom. The van der Waals surface area contributed by atoms with Crippen molar-refractivity contribution in [3.05, 3.63) is 47.2 Å². The van der Waals surface area contributed by atoms with Gasteiger partial charge < -0.3 is 10.5 Å². The van der Waals surface area contributed by atoms with E-state index in [-0.39, 0.29) is 28.2 Å². The number of hydrogen-bond acceptors (Lipinski definition) is 3. The maximum Gasteiger partial charge on any atom is 0.168 e. The normalized spacial score (nSPS) is 18.2. The van der Waals surface area contributed by atoms with Crippen molar-refractivity contribution in [1.82, 2.24) is 0 Å². The molecule has 2 rings (SSSR count). The second kappa shape index (κ2) is 5.61. The maximum absolute atomic E-state index is 12.1. The van der Waals surface area contributed by atoms with Gasteiger partial charge in [0.15, 0.2) is 5.78 Å². The van der Waals surface area contributed by atoms with E-state index in [0.717, 1.165) is 5.56 Å². The molecule has 0 bridgehead atoms. The Labute approximate surface area is 119 Å². The quantitative estimate of drug-likeness (QED) is 0.817.